The van der Waals surface area contributed by atoms with Crippen LogP contribution in [0.25, 0.3) is 5.57 Å². The highest BCUT2D eigenvalue weighted by Gasteiger charge is 2.28. The molecule has 3 nitrogen and oxygen atoms in total. The number of benzene rings is 2. The first-order chi connectivity index (χ1) is 14.7. The quantitative estimate of drug-likeness (QED) is 0.628. The van der Waals surface area contributed by atoms with E-state index in [4.69, 9.17) is 0 Å². The van der Waals surface area contributed by atoms with E-state index in [1.807, 2.05) is 27.7 Å². The number of nitrogens with zero attached hydrogens (tertiary/aromatic N) is 1. The molecule has 30 heavy (non-hydrogen) atoms. The van der Waals surface area contributed by atoms with Gasteiger partial charge in [0.05, 0.1) is 5.69 Å². The standard InChI is InChI=1S/C23H27N3.2C2H6/c1-4-18-10-11-21(16(2)12-18)22-14-24-17(3)23(22)19-13-25-26(15-19)20-8-6-5-7-9-20;2*1-2/h5-12,15,17,24-25H,4,13-14H2,1-3H3;2*1-2H3. The van der Waals surface area contributed by atoms with Crippen molar-refractivity contribution >= 4 is 11.3 Å². The molecule has 4 rings (SSSR count). The highest BCUT2D eigenvalue weighted by Crippen LogP contribution is 2.34. The van der Waals surface area contributed by atoms with Gasteiger partial charge in [-0.25, -0.2) is 5.43 Å². The van der Waals surface area contributed by atoms with Crippen molar-refractivity contribution in [2.45, 2.75) is 60.9 Å². The van der Waals surface area contributed by atoms with E-state index in [1.165, 1.54) is 39.1 Å². The summed E-state index contributed by atoms with van der Waals surface area (Å²) in [5.74, 6) is 0. The molecule has 2 aliphatic rings. The summed E-state index contributed by atoms with van der Waals surface area (Å²) >= 11 is 0. The zero-order valence-electron chi connectivity index (χ0n) is 19.8. The Morgan fingerprint density at radius 2 is 1.67 bits per heavy atom. The van der Waals surface area contributed by atoms with E-state index >= 15 is 0 Å². The van der Waals surface area contributed by atoms with Gasteiger partial charge >= 0.3 is 0 Å². The maximum atomic E-state index is 3.64. The van der Waals surface area contributed by atoms with E-state index in [-0.39, 0.29) is 0 Å². The second-order valence-electron chi connectivity index (χ2n) is 7.19. The van der Waals surface area contributed by atoms with E-state index in [0.717, 1.165) is 19.5 Å². The average molecular weight is 406 g/mol. The third kappa shape index (κ3) is 5.21. The minimum absolute atomic E-state index is 0.374. The molecule has 0 saturated heterocycles. The molecular formula is C27H39N3. The van der Waals surface area contributed by atoms with Gasteiger partial charge in [0.15, 0.2) is 0 Å². The van der Waals surface area contributed by atoms with Crippen LogP contribution in [-0.4, -0.2) is 19.1 Å². The summed E-state index contributed by atoms with van der Waals surface area (Å²) < 4.78 is 0. The molecule has 1 unspecified atom stereocenters. The Labute approximate surface area is 183 Å². The van der Waals surface area contributed by atoms with Gasteiger partial charge in [-0.15, -0.1) is 0 Å². The van der Waals surface area contributed by atoms with Crippen LogP contribution in [0.4, 0.5) is 5.69 Å². The average Bonchev–Trinajstić information content (AvgIpc) is 3.43. The molecule has 2 aliphatic heterocycles. The minimum Gasteiger partial charge on any atom is -0.306 e. The molecule has 0 aliphatic carbocycles. The fourth-order valence-corrected chi connectivity index (χ4v) is 4.05. The fourth-order valence-electron chi connectivity index (χ4n) is 4.05. The van der Waals surface area contributed by atoms with Gasteiger partial charge in [-0.05, 0) is 65.8 Å². The van der Waals surface area contributed by atoms with Crippen LogP contribution < -0.4 is 15.8 Å². The first-order valence-corrected chi connectivity index (χ1v) is 11.5. The Bertz CT molecular complexity index is 865. The van der Waals surface area contributed by atoms with Gasteiger partial charge in [-0.2, -0.15) is 0 Å². The zero-order chi connectivity index (χ0) is 22.1. The summed E-state index contributed by atoms with van der Waals surface area (Å²) in [6, 6.07) is 17.7. The van der Waals surface area contributed by atoms with Crippen molar-refractivity contribution in [3.05, 3.63) is 82.6 Å². The van der Waals surface area contributed by atoms with Crippen LogP contribution in [0.2, 0.25) is 0 Å². The molecule has 2 aromatic carbocycles. The Balaban J connectivity index is 0.000000757. The Hall–Kier alpha value is -2.36. The van der Waals surface area contributed by atoms with Gasteiger partial charge in [0.1, 0.15) is 0 Å². The number of hydrazine groups is 1. The molecule has 1 atom stereocenters. The number of nitrogens with one attached hydrogen (secondary N) is 2. The minimum atomic E-state index is 0.374. The number of hydrogen-bond acceptors (Lipinski definition) is 3. The molecule has 0 aromatic heterocycles. The molecule has 162 valence electrons. The van der Waals surface area contributed by atoms with Crippen molar-refractivity contribution < 1.29 is 0 Å². The summed E-state index contributed by atoms with van der Waals surface area (Å²) in [5.41, 5.74) is 13.1. The van der Waals surface area contributed by atoms with Crippen molar-refractivity contribution in [3.63, 3.8) is 0 Å². The maximum Gasteiger partial charge on any atom is 0.0570 e. The van der Waals surface area contributed by atoms with Crippen LogP contribution in [0.3, 0.4) is 0 Å². The number of hydrogen-bond donors (Lipinski definition) is 2. The van der Waals surface area contributed by atoms with Crippen molar-refractivity contribution in [1.82, 2.24) is 10.7 Å². The summed E-state index contributed by atoms with van der Waals surface area (Å²) in [6.45, 7) is 16.5. The van der Waals surface area contributed by atoms with Crippen LogP contribution in [0, 0.1) is 6.92 Å². The lowest BCUT2D eigenvalue weighted by atomic mass is 9.91. The first-order valence-electron chi connectivity index (χ1n) is 11.5. The van der Waals surface area contributed by atoms with Crippen molar-refractivity contribution in [1.29, 1.82) is 0 Å². The van der Waals surface area contributed by atoms with E-state index in [9.17, 15) is 0 Å². The zero-order valence-corrected chi connectivity index (χ0v) is 19.8. The van der Waals surface area contributed by atoms with E-state index in [0.29, 0.717) is 6.04 Å². The lowest BCUT2D eigenvalue weighted by Gasteiger charge is -2.15. The predicted octanol–water partition coefficient (Wildman–Crippen LogP) is 6.26. The molecule has 0 amide bonds. The predicted molar refractivity (Wildman–Crippen MR) is 133 cm³/mol. The molecule has 2 aromatic rings. The third-order valence-corrected chi connectivity index (χ3v) is 5.47. The Morgan fingerprint density at radius 1 is 0.967 bits per heavy atom. The number of para-hydroxylation sites is 1. The summed E-state index contributed by atoms with van der Waals surface area (Å²) in [5, 5.41) is 5.78. The second kappa shape index (κ2) is 11.7. The molecule has 3 heteroatoms. The van der Waals surface area contributed by atoms with Gasteiger partial charge in [0.25, 0.3) is 0 Å². The molecule has 0 saturated carbocycles. The van der Waals surface area contributed by atoms with Crippen LogP contribution >= 0.6 is 0 Å². The summed E-state index contributed by atoms with van der Waals surface area (Å²) in [4.78, 5) is 0. The van der Waals surface area contributed by atoms with E-state index in [2.05, 4.69) is 91.3 Å². The van der Waals surface area contributed by atoms with E-state index < -0.39 is 0 Å². The number of aryl methyl sites for hydroxylation is 2. The molecule has 0 fully saturated rings. The van der Waals surface area contributed by atoms with Gasteiger partial charge in [0.2, 0.25) is 0 Å². The van der Waals surface area contributed by atoms with Gasteiger partial charge in [-0.3, -0.25) is 5.01 Å². The van der Waals surface area contributed by atoms with E-state index in [1.54, 1.807) is 0 Å². The van der Waals surface area contributed by atoms with Crippen LogP contribution in [0.5, 0.6) is 0 Å². The van der Waals surface area contributed by atoms with Gasteiger partial charge < -0.3 is 5.32 Å². The molecule has 2 N–H and O–H groups in total. The molecule has 2 heterocycles. The van der Waals surface area contributed by atoms with Crippen molar-refractivity contribution in [3.8, 4) is 0 Å². The van der Waals surface area contributed by atoms with Gasteiger partial charge in [0, 0.05) is 25.3 Å². The monoisotopic (exact) mass is 405 g/mol. The first kappa shape index (κ1) is 23.9. The topological polar surface area (TPSA) is 27.3 Å². The fraction of sp³-hybridized carbons (Fsp3) is 0.407. The normalized spacial score (nSPS) is 17.8. The van der Waals surface area contributed by atoms with Crippen LogP contribution in [0.15, 0.2) is 65.9 Å². The molecule has 0 bridgehead atoms. The number of rotatable bonds is 4. The molecule has 0 radical (unpaired) electrons. The smallest absolute Gasteiger partial charge is 0.0570 e. The summed E-state index contributed by atoms with van der Waals surface area (Å²) in [6.07, 6.45) is 3.34. The molecule has 0 spiro atoms. The van der Waals surface area contributed by atoms with Crippen molar-refractivity contribution in [2.75, 3.05) is 18.1 Å². The third-order valence-electron chi connectivity index (χ3n) is 5.47. The van der Waals surface area contributed by atoms with Crippen LogP contribution in [0.1, 0.15) is 58.2 Å². The highest BCUT2D eigenvalue weighted by molar-refractivity contribution is 5.79. The van der Waals surface area contributed by atoms with Gasteiger partial charge in [-0.1, -0.05) is 71.0 Å². The van der Waals surface area contributed by atoms with Crippen LogP contribution in [-0.2, 0) is 6.42 Å². The molecular weight excluding hydrogens is 366 g/mol. The Morgan fingerprint density at radius 3 is 2.30 bits per heavy atom. The maximum absolute atomic E-state index is 3.64. The Kier molecular flexibility index (Phi) is 9.35. The lowest BCUT2D eigenvalue weighted by Crippen LogP contribution is -2.28. The number of anilines is 1. The lowest BCUT2D eigenvalue weighted by molar-refractivity contribution is 0.701. The summed E-state index contributed by atoms with van der Waals surface area (Å²) in [7, 11) is 0. The SMILES string of the molecule is CC.CC.CCc1ccc(C2=C(C3=CN(c4ccccc4)NC3)C(C)NC2)c(C)c1. The second-order valence-corrected chi connectivity index (χ2v) is 7.19. The highest BCUT2D eigenvalue weighted by atomic mass is 15.5. The largest absolute Gasteiger partial charge is 0.306 e. The van der Waals surface area contributed by atoms with Crippen molar-refractivity contribution in [2.24, 2.45) is 0 Å².